The van der Waals surface area contributed by atoms with E-state index in [0.29, 0.717) is 18.2 Å². The normalized spacial score (nSPS) is 24.8. The number of carbonyl (C=O) groups is 1. The predicted molar refractivity (Wildman–Crippen MR) is 105 cm³/mol. The number of thiophene rings is 1. The zero-order chi connectivity index (χ0) is 15.4. The Morgan fingerprint density at radius 3 is 2.50 bits per heavy atom. The van der Waals surface area contributed by atoms with Crippen LogP contribution in [0.5, 0.6) is 0 Å². The summed E-state index contributed by atoms with van der Waals surface area (Å²) in [6, 6.07) is 4.53. The molecule has 1 amide bonds. The highest BCUT2D eigenvalue weighted by Gasteiger charge is 2.28. The third-order valence-corrected chi connectivity index (χ3v) is 5.95. The van der Waals surface area contributed by atoms with Gasteiger partial charge in [-0.1, -0.05) is 18.9 Å². The largest absolute Gasteiger partial charge is 0.340 e. The molecule has 4 nitrogen and oxygen atoms in total. The lowest BCUT2D eigenvalue weighted by atomic mass is 9.82. The molecule has 1 saturated carbocycles. The van der Waals surface area contributed by atoms with E-state index in [1.165, 1.54) is 17.7 Å². The lowest BCUT2D eigenvalue weighted by molar-refractivity contribution is -0.134. The highest BCUT2D eigenvalue weighted by molar-refractivity contribution is 7.09. The van der Waals surface area contributed by atoms with Gasteiger partial charge in [-0.15, -0.1) is 36.2 Å². The first kappa shape index (κ1) is 21.7. The van der Waals surface area contributed by atoms with Gasteiger partial charge in [0.05, 0.1) is 0 Å². The number of piperazine rings is 1. The maximum Gasteiger partial charge on any atom is 0.222 e. The minimum Gasteiger partial charge on any atom is -0.340 e. The fourth-order valence-corrected chi connectivity index (χ4v) is 4.37. The molecule has 2 heterocycles. The van der Waals surface area contributed by atoms with E-state index < -0.39 is 0 Å². The average molecular weight is 394 g/mol. The standard InChI is InChI=1S/C17H27N3OS.2ClH/c18-16-6-2-1-4-14(16)12-17(21)20-9-7-19(8-10-20)13-15-5-3-11-22-15;;/h3,5,11,14,16H,1-2,4,6-10,12-13,18H2;2*1H. The number of halogens is 2. The Hall–Kier alpha value is -0.330. The molecule has 7 heteroatoms. The summed E-state index contributed by atoms with van der Waals surface area (Å²) >= 11 is 1.81. The summed E-state index contributed by atoms with van der Waals surface area (Å²) in [5.41, 5.74) is 6.18. The van der Waals surface area contributed by atoms with Crippen molar-refractivity contribution in [2.75, 3.05) is 26.2 Å². The van der Waals surface area contributed by atoms with Crippen LogP contribution in [-0.4, -0.2) is 47.9 Å². The van der Waals surface area contributed by atoms with Gasteiger partial charge in [0.1, 0.15) is 0 Å². The molecule has 0 spiro atoms. The fourth-order valence-electron chi connectivity index (χ4n) is 3.62. The summed E-state index contributed by atoms with van der Waals surface area (Å²) < 4.78 is 0. The summed E-state index contributed by atoms with van der Waals surface area (Å²) in [7, 11) is 0. The number of hydrogen-bond acceptors (Lipinski definition) is 4. The van der Waals surface area contributed by atoms with Gasteiger partial charge < -0.3 is 10.6 Å². The van der Waals surface area contributed by atoms with Crippen LogP contribution < -0.4 is 5.73 Å². The first-order valence-corrected chi connectivity index (χ1v) is 9.38. The highest BCUT2D eigenvalue weighted by atomic mass is 35.5. The summed E-state index contributed by atoms with van der Waals surface area (Å²) in [5, 5.41) is 2.13. The monoisotopic (exact) mass is 393 g/mol. The van der Waals surface area contributed by atoms with E-state index >= 15 is 0 Å². The molecule has 1 aromatic heterocycles. The van der Waals surface area contributed by atoms with Crippen LogP contribution in [-0.2, 0) is 11.3 Å². The Kier molecular flexibility index (Phi) is 9.60. The molecule has 1 saturated heterocycles. The second-order valence-electron chi connectivity index (χ2n) is 6.65. The van der Waals surface area contributed by atoms with Crippen molar-refractivity contribution in [1.29, 1.82) is 0 Å². The zero-order valence-corrected chi connectivity index (χ0v) is 16.5. The summed E-state index contributed by atoms with van der Waals surface area (Å²) in [6.45, 7) is 4.73. The van der Waals surface area contributed by atoms with Crippen LogP contribution in [0.2, 0.25) is 0 Å². The Balaban J connectivity index is 0.00000144. The van der Waals surface area contributed by atoms with Crippen molar-refractivity contribution < 1.29 is 4.79 Å². The smallest absolute Gasteiger partial charge is 0.222 e. The van der Waals surface area contributed by atoms with E-state index in [2.05, 4.69) is 22.4 Å². The SMILES string of the molecule is Cl.Cl.NC1CCCCC1CC(=O)N1CCN(Cc2cccs2)CC1. The van der Waals surface area contributed by atoms with Crippen LogP contribution in [0.3, 0.4) is 0 Å². The fraction of sp³-hybridized carbons (Fsp3) is 0.706. The molecule has 2 unspecified atom stereocenters. The Morgan fingerprint density at radius 1 is 1.17 bits per heavy atom. The van der Waals surface area contributed by atoms with Gasteiger partial charge in [-0.25, -0.2) is 0 Å². The van der Waals surface area contributed by atoms with Gasteiger partial charge in [-0.2, -0.15) is 0 Å². The maximum atomic E-state index is 12.5. The second-order valence-corrected chi connectivity index (χ2v) is 7.68. The molecule has 2 atom stereocenters. The highest BCUT2D eigenvalue weighted by Crippen LogP contribution is 2.26. The van der Waals surface area contributed by atoms with Gasteiger partial charge >= 0.3 is 0 Å². The Labute approximate surface area is 161 Å². The third-order valence-electron chi connectivity index (χ3n) is 5.09. The molecule has 3 rings (SSSR count). The van der Waals surface area contributed by atoms with Gasteiger partial charge in [0.2, 0.25) is 5.91 Å². The quantitative estimate of drug-likeness (QED) is 0.854. The van der Waals surface area contributed by atoms with Crippen LogP contribution in [0, 0.1) is 5.92 Å². The number of rotatable bonds is 4. The van der Waals surface area contributed by atoms with E-state index in [9.17, 15) is 4.79 Å². The number of carbonyl (C=O) groups excluding carboxylic acids is 1. The molecule has 1 aliphatic carbocycles. The first-order valence-electron chi connectivity index (χ1n) is 8.50. The second kappa shape index (κ2) is 10.6. The van der Waals surface area contributed by atoms with Gasteiger partial charge in [-0.05, 0) is 30.2 Å². The minimum absolute atomic E-state index is 0. The van der Waals surface area contributed by atoms with Gasteiger partial charge in [0.15, 0.2) is 0 Å². The lowest BCUT2D eigenvalue weighted by Crippen LogP contribution is -2.49. The van der Waals surface area contributed by atoms with Crippen molar-refractivity contribution in [3.05, 3.63) is 22.4 Å². The van der Waals surface area contributed by atoms with E-state index in [1.807, 2.05) is 16.2 Å². The molecule has 2 fully saturated rings. The summed E-state index contributed by atoms with van der Waals surface area (Å²) in [6.07, 6.45) is 5.34. The average Bonchev–Trinajstić information content (AvgIpc) is 3.03. The molecular weight excluding hydrogens is 365 g/mol. The van der Waals surface area contributed by atoms with E-state index in [4.69, 9.17) is 5.73 Å². The van der Waals surface area contributed by atoms with E-state index in [-0.39, 0.29) is 30.9 Å². The summed E-state index contributed by atoms with van der Waals surface area (Å²) in [4.78, 5) is 18.4. The van der Waals surface area contributed by atoms with Gasteiger partial charge in [-0.3, -0.25) is 9.69 Å². The number of nitrogens with zero attached hydrogens (tertiary/aromatic N) is 2. The van der Waals surface area contributed by atoms with Crippen molar-refractivity contribution in [3.8, 4) is 0 Å². The molecule has 2 N–H and O–H groups in total. The first-order chi connectivity index (χ1) is 10.7. The molecule has 1 aliphatic heterocycles. The topological polar surface area (TPSA) is 49.6 Å². The molecule has 0 bridgehead atoms. The van der Waals surface area contributed by atoms with Crippen LogP contribution >= 0.6 is 36.2 Å². The molecule has 138 valence electrons. The molecule has 0 radical (unpaired) electrons. The zero-order valence-electron chi connectivity index (χ0n) is 14.1. The molecule has 2 aliphatic rings. The minimum atomic E-state index is 0. The van der Waals surface area contributed by atoms with E-state index in [0.717, 1.165) is 45.6 Å². The van der Waals surface area contributed by atoms with Crippen LogP contribution in [0.15, 0.2) is 17.5 Å². The van der Waals surface area contributed by atoms with Crippen molar-refractivity contribution in [2.24, 2.45) is 11.7 Å². The lowest BCUT2D eigenvalue weighted by Gasteiger charge is -2.36. The van der Waals surface area contributed by atoms with Gasteiger partial charge in [0.25, 0.3) is 0 Å². The Bertz CT molecular complexity index is 478. The molecule has 1 aromatic rings. The van der Waals surface area contributed by atoms with Crippen molar-refractivity contribution in [1.82, 2.24) is 9.80 Å². The van der Waals surface area contributed by atoms with Crippen molar-refractivity contribution in [3.63, 3.8) is 0 Å². The number of nitrogens with two attached hydrogens (primary N) is 1. The third kappa shape index (κ3) is 5.88. The van der Waals surface area contributed by atoms with Gasteiger partial charge in [0, 0.05) is 50.1 Å². The van der Waals surface area contributed by atoms with Crippen LogP contribution in [0.4, 0.5) is 0 Å². The number of hydrogen-bond donors (Lipinski definition) is 1. The molecule has 24 heavy (non-hydrogen) atoms. The number of amides is 1. The maximum absolute atomic E-state index is 12.5. The molecule has 0 aromatic carbocycles. The van der Waals surface area contributed by atoms with Crippen LogP contribution in [0.25, 0.3) is 0 Å². The van der Waals surface area contributed by atoms with Crippen LogP contribution in [0.1, 0.15) is 37.0 Å². The predicted octanol–water partition coefficient (Wildman–Crippen LogP) is 3.14. The molecular formula is C17H29Cl2N3OS. The Morgan fingerprint density at radius 2 is 1.88 bits per heavy atom. The van der Waals surface area contributed by atoms with E-state index in [1.54, 1.807) is 0 Å². The van der Waals surface area contributed by atoms with Crippen molar-refractivity contribution in [2.45, 2.75) is 44.7 Å². The van der Waals surface area contributed by atoms with Crippen molar-refractivity contribution >= 4 is 42.1 Å². The summed E-state index contributed by atoms with van der Waals surface area (Å²) in [5.74, 6) is 0.725.